The van der Waals surface area contributed by atoms with Gasteiger partial charge in [0, 0.05) is 13.1 Å². The van der Waals surface area contributed by atoms with E-state index in [1.54, 1.807) is 13.8 Å². The molecule has 0 aromatic carbocycles. The first-order valence-electron chi connectivity index (χ1n) is 6.98. The molecule has 116 valence electrons. The van der Waals surface area contributed by atoms with Crippen LogP contribution in [0.4, 0.5) is 0 Å². The van der Waals surface area contributed by atoms with Gasteiger partial charge >= 0.3 is 5.97 Å². The predicted octanol–water partition coefficient (Wildman–Crippen LogP) is 1.02. The third-order valence-electron chi connectivity index (χ3n) is 4.44. The van der Waals surface area contributed by atoms with Crippen LogP contribution in [0.25, 0.3) is 0 Å². The van der Waals surface area contributed by atoms with Gasteiger partial charge < -0.3 is 9.63 Å². The highest BCUT2D eigenvalue weighted by atomic mass is 32.2. The topological polar surface area (TPSA) is 101 Å². The van der Waals surface area contributed by atoms with Gasteiger partial charge in [0.15, 0.2) is 5.76 Å². The van der Waals surface area contributed by atoms with Gasteiger partial charge in [-0.2, -0.15) is 4.31 Å². The molecule has 3 rings (SSSR count). The number of hydrogen-bond acceptors (Lipinski definition) is 5. The first-order chi connectivity index (χ1) is 9.82. The molecule has 0 radical (unpaired) electrons. The van der Waals surface area contributed by atoms with Crippen molar-refractivity contribution in [1.29, 1.82) is 0 Å². The van der Waals surface area contributed by atoms with Crippen LogP contribution >= 0.6 is 0 Å². The van der Waals surface area contributed by atoms with Gasteiger partial charge in [-0.25, -0.2) is 8.42 Å². The maximum Gasteiger partial charge on any atom is 0.308 e. The second-order valence-electron chi connectivity index (χ2n) is 5.92. The molecule has 0 spiro atoms. The van der Waals surface area contributed by atoms with Gasteiger partial charge in [0.2, 0.25) is 10.0 Å². The Morgan fingerprint density at radius 1 is 1.33 bits per heavy atom. The Labute approximate surface area is 123 Å². The molecule has 2 atom stereocenters. The summed E-state index contributed by atoms with van der Waals surface area (Å²) in [5.41, 5.74) is 0.314. The van der Waals surface area contributed by atoms with Crippen molar-refractivity contribution in [2.45, 2.75) is 31.6 Å². The number of aliphatic carboxylic acids is 1. The lowest BCUT2D eigenvalue weighted by Crippen LogP contribution is -2.30. The second kappa shape index (κ2) is 4.81. The zero-order valence-electron chi connectivity index (χ0n) is 11.9. The average Bonchev–Trinajstić information content (AvgIpc) is 3.03. The molecule has 1 aliphatic heterocycles. The fourth-order valence-corrected chi connectivity index (χ4v) is 5.02. The molecule has 1 N–H and O–H groups in total. The molecule has 21 heavy (non-hydrogen) atoms. The number of sulfonamides is 1. The van der Waals surface area contributed by atoms with Crippen molar-refractivity contribution in [3.8, 4) is 0 Å². The Morgan fingerprint density at radius 2 is 2.00 bits per heavy atom. The molecule has 1 aromatic heterocycles. The van der Waals surface area contributed by atoms with E-state index < -0.39 is 21.9 Å². The quantitative estimate of drug-likeness (QED) is 0.890. The summed E-state index contributed by atoms with van der Waals surface area (Å²) in [5, 5.41) is 13.0. The molecule has 2 aliphatic rings. The molecule has 2 heterocycles. The standard InChI is InChI=1S/C13H18N2O5S/c1-7-12(8(2)20-14-7)21(18,19)15-5-10(9-3-4-9)11(6-15)13(16)17/h9-11H,3-6H2,1-2H3,(H,16,17)/t10-,11+/m1/s1. The first kappa shape index (κ1) is 14.5. The van der Waals surface area contributed by atoms with Crippen molar-refractivity contribution in [3.63, 3.8) is 0 Å². The van der Waals surface area contributed by atoms with Crippen molar-refractivity contribution in [2.75, 3.05) is 13.1 Å². The summed E-state index contributed by atoms with van der Waals surface area (Å²) in [4.78, 5) is 11.5. The molecule has 1 aromatic rings. The molecule has 0 bridgehead atoms. The van der Waals surface area contributed by atoms with Gasteiger partial charge in [-0.15, -0.1) is 0 Å². The molecule has 2 fully saturated rings. The van der Waals surface area contributed by atoms with E-state index in [2.05, 4.69) is 5.16 Å². The molecule has 7 nitrogen and oxygen atoms in total. The number of aromatic nitrogens is 1. The summed E-state index contributed by atoms with van der Waals surface area (Å²) in [6, 6.07) is 0. The summed E-state index contributed by atoms with van der Waals surface area (Å²) in [6.07, 6.45) is 1.99. The van der Waals surface area contributed by atoms with Crippen LogP contribution in [-0.2, 0) is 14.8 Å². The highest BCUT2D eigenvalue weighted by Crippen LogP contribution is 2.45. The van der Waals surface area contributed by atoms with Crippen LogP contribution in [0.15, 0.2) is 9.42 Å². The number of carboxylic acids is 1. The van der Waals surface area contributed by atoms with Crippen LogP contribution in [0.1, 0.15) is 24.3 Å². The summed E-state index contributed by atoms with van der Waals surface area (Å²) in [7, 11) is -3.75. The third-order valence-corrected chi connectivity index (χ3v) is 6.52. The van der Waals surface area contributed by atoms with E-state index in [9.17, 15) is 18.3 Å². The van der Waals surface area contributed by atoms with Gasteiger partial charge in [-0.05, 0) is 38.5 Å². The van der Waals surface area contributed by atoms with Gasteiger partial charge in [-0.3, -0.25) is 4.79 Å². The van der Waals surface area contributed by atoms with Crippen molar-refractivity contribution < 1.29 is 22.8 Å². The maximum atomic E-state index is 12.7. The molecule has 1 saturated heterocycles. The lowest BCUT2D eigenvalue weighted by molar-refractivity contribution is -0.142. The smallest absolute Gasteiger partial charge is 0.308 e. The summed E-state index contributed by atoms with van der Waals surface area (Å²) < 4.78 is 31.7. The monoisotopic (exact) mass is 314 g/mol. The van der Waals surface area contributed by atoms with E-state index in [1.165, 1.54) is 4.31 Å². The van der Waals surface area contributed by atoms with Crippen LogP contribution in [0.5, 0.6) is 0 Å². The van der Waals surface area contributed by atoms with E-state index >= 15 is 0 Å². The minimum absolute atomic E-state index is 0.0306. The number of nitrogens with zero attached hydrogens (tertiary/aromatic N) is 2. The number of rotatable bonds is 4. The molecule has 0 unspecified atom stereocenters. The van der Waals surface area contributed by atoms with Crippen LogP contribution in [0, 0.1) is 31.6 Å². The molecule has 0 amide bonds. The highest BCUT2D eigenvalue weighted by molar-refractivity contribution is 7.89. The number of hydrogen-bond donors (Lipinski definition) is 1. The summed E-state index contributed by atoms with van der Waals surface area (Å²) in [6.45, 7) is 3.43. The van der Waals surface area contributed by atoms with Crippen LogP contribution < -0.4 is 0 Å². The molecule has 1 saturated carbocycles. The molecule has 1 aliphatic carbocycles. The van der Waals surface area contributed by atoms with Gasteiger partial charge in [-0.1, -0.05) is 5.16 Å². The molecular formula is C13H18N2O5S. The van der Waals surface area contributed by atoms with Crippen molar-refractivity contribution >= 4 is 16.0 Å². The summed E-state index contributed by atoms with van der Waals surface area (Å²) in [5.74, 6) is -1.03. The van der Waals surface area contributed by atoms with E-state index in [4.69, 9.17) is 4.52 Å². The van der Waals surface area contributed by atoms with Crippen LogP contribution in [0.2, 0.25) is 0 Å². The van der Waals surface area contributed by atoms with E-state index in [0.29, 0.717) is 11.6 Å². The van der Waals surface area contributed by atoms with Crippen molar-refractivity contribution in [2.24, 2.45) is 17.8 Å². The Bertz CT molecular complexity index is 657. The maximum absolute atomic E-state index is 12.7. The molecular weight excluding hydrogens is 296 g/mol. The van der Waals surface area contributed by atoms with Gasteiger partial charge in [0.1, 0.15) is 10.6 Å². The van der Waals surface area contributed by atoms with Gasteiger partial charge in [0.05, 0.1) is 5.92 Å². The minimum atomic E-state index is -3.75. The first-order valence-corrected chi connectivity index (χ1v) is 8.42. The zero-order valence-corrected chi connectivity index (χ0v) is 12.8. The number of carbonyl (C=O) groups is 1. The Balaban J connectivity index is 1.92. The minimum Gasteiger partial charge on any atom is -0.481 e. The fraction of sp³-hybridized carbons (Fsp3) is 0.692. The third kappa shape index (κ3) is 2.36. The largest absolute Gasteiger partial charge is 0.481 e. The van der Waals surface area contributed by atoms with E-state index in [0.717, 1.165) is 12.8 Å². The van der Waals surface area contributed by atoms with Crippen molar-refractivity contribution in [1.82, 2.24) is 9.46 Å². The Hall–Kier alpha value is -1.41. The normalized spacial score (nSPS) is 27.1. The van der Waals surface area contributed by atoms with Crippen LogP contribution in [-0.4, -0.2) is 42.0 Å². The average molecular weight is 314 g/mol. The Morgan fingerprint density at radius 3 is 2.48 bits per heavy atom. The van der Waals surface area contributed by atoms with E-state index in [-0.39, 0.29) is 29.7 Å². The zero-order chi connectivity index (χ0) is 15.4. The lowest BCUT2D eigenvalue weighted by Gasteiger charge is -2.15. The number of carboxylic acid groups (broad SMARTS) is 1. The SMILES string of the molecule is Cc1noc(C)c1S(=O)(=O)N1C[C@H](C(=O)O)[C@@H](C2CC2)C1. The van der Waals surface area contributed by atoms with Gasteiger partial charge in [0.25, 0.3) is 0 Å². The van der Waals surface area contributed by atoms with E-state index in [1.807, 2.05) is 0 Å². The predicted molar refractivity (Wildman–Crippen MR) is 72.1 cm³/mol. The van der Waals surface area contributed by atoms with Crippen LogP contribution in [0.3, 0.4) is 0 Å². The fourth-order valence-electron chi connectivity index (χ4n) is 3.22. The molecule has 8 heteroatoms. The highest BCUT2D eigenvalue weighted by Gasteiger charge is 2.49. The lowest BCUT2D eigenvalue weighted by atomic mass is 9.92. The van der Waals surface area contributed by atoms with Crippen molar-refractivity contribution in [3.05, 3.63) is 11.5 Å². The summed E-state index contributed by atoms with van der Waals surface area (Å²) >= 11 is 0. The second-order valence-corrected chi connectivity index (χ2v) is 7.80. The number of aryl methyl sites for hydroxylation is 2. The Kier molecular flexibility index (Phi) is 3.32.